The van der Waals surface area contributed by atoms with Crippen LogP contribution in [0.2, 0.25) is 0 Å². The molecule has 0 saturated carbocycles. The van der Waals surface area contributed by atoms with Crippen molar-refractivity contribution in [3.63, 3.8) is 0 Å². The first-order valence-electron chi connectivity index (χ1n) is 5.54. The maximum atomic E-state index is 10.4. The molecule has 0 radical (unpaired) electrons. The van der Waals surface area contributed by atoms with Crippen molar-refractivity contribution >= 4 is 11.9 Å². The van der Waals surface area contributed by atoms with E-state index < -0.39 is 11.9 Å². The van der Waals surface area contributed by atoms with Gasteiger partial charge in [0.15, 0.2) is 0 Å². The topological polar surface area (TPSA) is 74.6 Å². The van der Waals surface area contributed by atoms with E-state index in [0.717, 1.165) is 25.7 Å². The molecule has 0 fully saturated rings. The average molecular weight is 230 g/mol. The van der Waals surface area contributed by atoms with Gasteiger partial charge in [-0.1, -0.05) is 32.8 Å². The van der Waals surface area contributed by atoms with Crippen LogP contribution in [0.15, 0.2) is 12.7 Å². The van der Waals surface area contributed by atoms with Crippen molar-refractivity contribution in [1.29, 1.82) is 0 Å². The van der Waals surface area contributed by atoms with Crippen LogP contribution in [-0.4, -0.2) is 22.2 Å². The zero-order valence-electron chi connectivity index (χ0n) is 10.1. The minimum absolute atomic E-state index is 0.0556. The summed E-state index contributed by atoms with van der Waals surface area (Å²) in [7, 11) is 0. The number of carbonyl (C=O) groups is 2. The minimum Gasteiger partial charge on any atom is -0.481 e. The largest absolute Gasteiger partial charge is 0.481 e. The molecule has 4 nitrogen and oxygen atoms in total. The fourth-order valence-corrected chi connectivity index (χ4v) is 1.08. The first kappa shape index (κ1) is 17.1. The SMILES string of the molecule is C=CCC(=O)O.CCCCC(CC)C(=O)O. The fourth-order valence-electron chi connectivity index (χ4n) is 1.08. The predicted molar refractivity (Wildman–Crippen MR) is 63.4 cm³/mol. The van der Waals surface area contributed by atoms with Crippen molar-refractivity contribution in [3.05, 3.63) is 12.7 Å². The molecule has 0 amide bonds. The predicted octanol–water partition coefficient (Wildman–Crippen LogP) is 2.93. The minimum atomic E-state index is -0.829. The lowest BCUT2D eigenvalue weighted by Crippen LogP contribution is -2.11. The van der Waals surface area contributed by atoms with Gasteiger partial charge in [0, 0.05) is 0 Å². The molecule has 4 heteroatoms. The Morgan fingerprint density at radius 3 is 2.06 bits per heavy atom. The molecular formula is C12H22O4. The number of hydrogen-bond donors (Lipinski definition) is 2. The van der Waals surface area contributed by atoms with E-state index in [2.05, 4.69) is 13.5 Å². The van der Waals surface area contributed by atoms with Crippen LogP contribution >= 0.6 is 0 Å². The van der Waals surface area contributed by atoms with Gasteiger partial charge in [0.1, 0.15) is 0 Å². The molecule has 0 aliphatic heterocycles. The van der Waals surface area contributed by atoms with E-state index >= 15 is 0 Å². The highest BCUT2D eigenvalue weighted by Crippen LogP contribution is 2.11. The lowest BCUT2D eigenvalue weighted by molar-refractivity contribution is -0.142. The maximum Gasteiger partial charge on any atom is 0.307 e. The zero-order valence-corrected chi connectivity index (χ0v) is 10.1. The fraction of sp³-hybridized carbons (Fsp3) is 0.667. The molecule has 0 aromatic heterocycles. The summed E-state index contributed by atoms with van der Waals surface area (Å²) in [5.74, 6) is -1.58. The molecule has 16 heavy (non-hydrogen) atoms. The van der Waals surface area contributed by atoms with Crippen molar-refractivity contribution < 1.29 is 19.8 Å². The third kappa shape index (κ3) is 12.7. The molecule has 0 aliphatic rings. The zero-order chi connectivity index (χ0) is 13.0. The molecule has 1 unspecified atom stereocenters. The van der Waals surface area contributed by atoms with Gasteiger partial charge >= 0.3 is 11.9 Å². The summed E-state index contributed by atoms with van der Waals surface area (Å²) in [5, 5.41) is 16.4. The highest BCUT2D eigenvalue weighted by atomic mass is 16.4. The lowest BCUT2D eigenvalue weighted by Gasteiger charge is -2.06. The second kappa shape index (κ2) is 11.8. The summed E-state index contributed by atoms with van der Waals surface area (Å²) in [5.41, 5.74) is 0. The van der Waals surface area contributed by atoms with Crippen LogP contribution in [0, 0.1) is 5.92 Å². The number of hydrogen-bond acceptors (Lipinski definition) is 2. The van der Waals surface area contributed by atoms with Crippen molar-refractivity contribution in [2.75, 3.05) is 0 Å². The molecule has 0 rings (SSSR count). The third-order valence-electron chi connectivity index (χ3n) is 2.07. The number of carboxylic acids is 2. The van der Waals surface area contributed by atoms with Crippen LogP contribution in [0.4, 0.5) is 0 Å². The van der Waals surface area contributed by atoms with Gasteiger partial charge in [0.05, 0.1) is 12.3 Å². The molecular weight excluding hydrogens is 208 g/mol. The summed E-state index contributed by atoms with van der Waals surface area (Å²) >= 11 is 0. The van der Waals surface area contributed by atoms with Gasteiger partial charge < -0.3 is 10.2 Å². The summed E-state index contributed by atoms with van der Waals surface area (Å²) in [6.07, 6.45) is 5.12. The molecule has 0 aromatic rings. The Morgan fingerprint density at radius 1 is 1.31 bits per heavy atom. The monoisotopic (exact) mass is 230 g/mol. The molecule has 0 saturated heterocycles. The molecule has 0 aromatic carbocycles. The standard InChI is InChI=1S/C8H16O2.C4H6O2/c1-3-5-6-7(4-2)8(9)10;1-2-3-4(5)6/h7H,3-6H2,1-2H3,(H,9,10);2H,1,3H2,(H,5,6). The number of aliphatic carboxylic acids is 2. The molecule has 2 N–H and O–H groups in total. The highest BCUT2D eigenvalue weighted by Gasteiger charge is 2.12. The van der Waals surface area contributed by atoms with Crippen molar-refractivity contribution in [2.24, 2.45) is 5.92 Å². The second-order valence-electron chi connectivity index (χ2n) is 3.47. The Balaban J connectivity index is 0. The molecule has 0 aliphatic carbocycles. The van der Waals surface area contributed by atoms with Crippen LogP contribution in [0.3, 0.4) is 0 Å². The van der Waals surface area contributed by atoms with Crippen molar-refractivity contribution in [2.45, 2.75) is 46.0 Å². The summed E-state index contributed by atoms with van der Waals surface area (Å²) < 4.78 is 0. The summed E-state index contributed by atoms with van der Waals surface area (Å²) in [6.45, 7) is 7.22. The van der Waals surface area contributed by atoms with Gasteiger partial charge in [0.2, 0.25) is 0 Å². The normalized spacial score (nSPS) is 10.9. The quantitative estimate of drug-likeness (QED) is 0.659. The molecule has 0 heterocycles. The Hall–Kier alpha value is -1.32. The highest BCUT2D eigenvalue weighted by molar-refractivity contribution is 5.69. The van der Waals surface area contributed by atoms with E-state index in [-0.39, 0.29) is 12.3 Å². The Bertz CT molecular complexity index is 211. The second-order valence-corrected chi connectivity index (χ2v) is 3.47. The van der Waals surface area contributed by atoms with Crippen molar-refractivity contribution in [3.8, 4) is 0 Å². The van der Waals surface area contributed by atoms with Gasteiger partial charge in [-0.25, -0.2) is 0 Å². The van der Waals surface area contributed by atoms with E-state index in [9.17, 15) is 9.59 Å². The van der Waals surface area contributed by atoms with Crippen LogP contribution in [0.5, 0.6) is 0 Å². The Labute approximate surface area is 97.0 Å². The van der Waals surface area contributed by atoms with E-state index in [1.54, 1.807) is 0 Å². The van der Waals surface area contributed by atoms with E-state index in [4.69, 9.17) is 10.2 Å². The van der Waals surface area contributed by atoms with Gasteiger partial charge in [0.25, 0.3) is 0 Å². The smallest absolute Gasteiger partial charge is 0.307 e. The Morgan fingerprint density at radius 2 is 1.88 bits per heavy atom. The molecule has 1 atom stereocenters. The van der Waals surface area contributed by atoms with Crippen LogP contribution in [-0.2, 0) is 9.59 Å². The Kier molecular flexibility index (Phi) is 12.6. The van der Waals surface area contributed by atoms with Crippen LogP contribution in [0.1, 0.15) is 46.0 Å². The van der Waals surface area contributed by atoms with Gasteiger partial charge in [-0.3, -0.25) is 9.59 Å². The van der Waals surface area contributed by atoms with E-state index in [1.165, 1.54) is 6.08 Å². The van der Waals surface area contributed by atoms with Crippen LogP contribution in [0.25, 0.3) is 0 Å². The first-order valence-corrected chi connectivity index (χ1v) is 5.54. The van der Waals surface area contributed by atoms with Crippen LogP contribution < -0.4 is 0 Å². The number of carboxylic acid groups (broad SMARTS) is 2. The lowest BCUT2D eigenvalue weighted by atomic mass is 10.00. The molecule has 0 bridgehead atoms. The maximum absolute atomic E-state index is 10.4. The molecule has 0 spiro atoms. The van der Waals surface area contributed by atoms with Crippen molar-refractivity contribution in [1.82, 2.24) is 0 Å². The molecule has 94 valence electrons. The van der Waals surface area contributed by atoms with Gasteiger partial charge in [-0.05, 0) is 12.8 Å². The first-order chi connectivity index (χ1) is 7.49. The van der Waals surface area contributed by atoms with E-state index in [0.29, 0.717) is 0 Å². The number of rotatable bonds is 7. The number of unbranched alkanes of at least 4 members (excludes halogenated alkanes) is 1. The average Bonchev–Trinajstić information content (AvgIpc) is 2.19. The van der Waals surface area contributed by atoms with E-state index in [1.807, 2.05) is 6.92 Å². The third-order valence-corrected chi connectivity index (χ3v) is 2.07. The van der Waals surface area contributed by atoms with Gasteiger partial charge in [-0.15, -0.1) is 6.58 Å². The summed E-state index contributed by atoms with van der Waals surface area (Å²) in [4.78, 5) is 20.0. The van der Waals surface area contributed by atoms with Gasteiger partial charge in [-0.2, -0.15) is 0 Å². The summed E-state index contributed by atoms with van der Waals surface area (Å²) in [6, 6.07) is 0.